The fourth-order valence-corrected chi connectivity index (χ4v) is 1.27. The van der Waals surface area contributed by atoms with Crippen molar-refractivity contribution in [3.8, 4) is 0 Å². The minimum atomic E-state index is -0.0959. The first kappa shape index (κ1) is 9.23. The Morgan fingerprint density at radius 1 is 1.42 bits per heavy atom. The van der Waals surface area contributed by atoms with Gasteiger partial charge in [0.2, 0.25) is 0 Å². The van der Waals surface area contributed by atoms with E-state index in [9.17, 15) is 4.79 Å². The number of hydrogen-bond acceptors (Lipinski definition) is 1. The summed E-state index contributed by atoms with van der Waals surface area (Å²) in [4.78, 5) is 17.1. The maximum absolute atomic E-state index is 11.4. The van der Waals surface area contributed by atoms with Crippen LogP contribution in [0, 0.1) is 0 Å². The molecule has 0 aromatic rings. The molecule has 0 N–H and O–H groups in total. The van der Waals surface area contributed by atoms with Crippen molar-refractivity contribution in [1.29, 1.82) is 0 Å². The van der Waals surface area contributed by atoms with Gasteiger partial charge in [0.05, 0.1) is 0 Å². The molecule has 0 unspecified atom stereocenters. The van der Waals surface area contributed by atoms with Gasteiger partial charge in [-0.15, -0.1) is 0 Å². The molecule has 1 aliphatic heterocycles. The fraction of sp³-hybridized carbons (Fsp3) is 0.778. The van der Waals surface area contributed by atoms with Gasteiger partial charge in [0.25, 0.3) is 0 Å². The van der Waals surface area contributed by atoms with Crippen LogP contribution in [0.25, 0.3) is 0 Å². The van der Waals surface area contributed by atoms with Crippen LogP contribution in [0.2, 0.25) is 0 Å². The molecule has 1 heterocycles. The summed E-state index contributed by atoms with van der Waals surface area (Å²) in [6, 6.07) is -0.0914. The van der Waals surface area contributed by atoms with Crippen molar-refractivity contribution in [2.75, 3.05) is 6.54 Å². The number of hydrogen-bond donors (Lipinski definition) is 0. The quantitative estimate of drug-likeness (QED) is 0.545. The third-order valence-electron chi connectivity index (χ3n) is 2.02. The highest BCUT2D eigenvalue weighted by molar-refractivity contribution is 5.96. The van der Waals surface area contributed by atoms with Crippen LogP contribution < -0.4 is 0 Å². The number of aliphatic imine (C=N–C) groups is 1. The van der Waals surface area contributed by atoms with Crippen molar-refractivity contribution >= 4 is 11.7 Å². The van der Waals surface area contributed by atoms with E-state index in [1.165, 1.54) is 0 Å². The predicted molar refractivity (Wildman–Crippen MR) is 49.6 cm³/mol. The van der Waals surface area contributed by atoms with E-state index in [0.29, 0.717) is 0 Å². The average molecular weight is 168 g/mol. The molecule has 0 saturated carbocycles. The van der Waals surface area contributed by atoms with Gasteiger partial charge in [0.1, 0.15) is 0 Å². The summed E-state index contributed by atoms with van der Waals surface area (Å²) in [6.45, 7) is 8.79. The Labute approximate surface area is 73.5 Å². The van der Waals surface area contributed by atoms with Crippen LogP contribution in [0.3, 0.4) is 0 Å². The van der Waals surface area contributed by atoms with Gasteiger partial charge in [-0.25, -0.2) is 9.79 Å². The molecule has 2 amide bonds. The smallest absolute Gasteiger partial charge is 0.318 e. The second-order valence-corrected chi connectivity index (χ2v) is 4.20. The standard InChI is InChI=1S/C9H16N2O/c1-7-5-6-11(8(12)10-7)9(2,3)4/h5-6H2,1-4H3. The van der Waals surface area contributed by atoms with Gasteiger partial charge in [-0.1, -0.05) is 0 Å². The summed E-state index contributed by atoms with van der Waals surface area (Å²) < 4.78 is 0. The molecule has 0 atom stereocenters. The Bertz CT molecular complexity index is 225. The lowest BCUT2D eigenvalue weighted by Gasteiger charge is -2.36. The molecule has 0 spiro atoms. The van der Waals surface area contributed by atoms with Crippen molar-refractivity contribution in [2.24, 2.45) is 4.99 Å². The zero-order valence-electron chi connectivity index (χ0n) is 8.22. The largest absolute Gasteiger partial charge is 0.343 e. The van der Waals surface area contributed by atoms with Crippen molar-refractivity contribution < 1.29 is 4.79 Å². The van der Waals surface area contributed by atoms with Crippen LogP contribution in [0.1, 0.15) is 34.1 Å². The molecular weight excluding hydrogens is 152 g/mol. The summed E-state index contributed by atoms with van der Waals surface area (Å²) in [6.07, 6.45) is 0.906. The predicted octanol–water partition coefficient (Wildman–Crippen LogP) is 2.07. The summed E-state index contributed by atoms with van der Waals surface area (Å²) in [5.74, 6) is 0. The maximum atomic E-state index is 11.4. The Hall–Kier alpha value is -0.860. The molecule has 0 bridgehead atoms. The van der Waals surface area contributed by atoms with Gasteiger partial charge in [-0.05, 0) is 27.7 Å². The lowest BCUT2D eigenvalue weighted by molar-refractivity contribution is 0.153. The fourth-order valence-electron chi connectivity index (χ4n) is 1.27. The van der Waals surface area contributed by atoms with E-state index in [-0.39, 0.29) is 11.6 Å². The van der Waals surface area contributed by atoms with Crippen LogP contribution in [0.5, 0.6) is 0 Å². The molecule has 0 aromatic heterocycles. The number of amides is 2. The number of nitrogens with zero attached hydrogens (tertiary/aromatic N) is 2. The molecule has 3 heteroatoms. The third kappa shape index (κ3) is 1.84. The molecule has 0 aliphatic carbocycles. The Morgan fingerprint density at radius 2 is 2.00 bits per heavy atom. The Kier molecular flexibility index (Phi) is 2.22. The zero-order chi connectivity index (χ0) is 9.35. The molecule has 12 heavy (non-hydrogen) atoms. The first-order valence-corrected chi connectivity index (χ1v) is 4.27. The second kappa shape index (κ2) is 2.88. The van der Waals surface area contributed by atoms with Crippen molar-refractivity contribution in [1.82, 2.24) is 4.90 Å². The average Bonchev–Trinajstić information content (AvgIpc) is 1.83. The van der Waals surface area contributed by atoms with Gasteiger partial charge in [-0.2, -0.15) is 0 Å². The first-order valence-electron chi connectivity index (χ1n) is 4.27. The number of carbonyl (C=O) groups excluding carboxylic acids is 1. The van der Waals surface area contributed by atoms with Gasteiger partial charge in [0, 0.05) is 24.2 Å². The van der Waals surface area contributed by atoms with E-state index < -0.39 is 0 Å². The summed E-state index contributed by atoms with van der Waals surface area (Å²) in [5.41, 5.74) is 0.849. The highest BCUT2D eigenvalue weighted by atomic mass is 16.2. The lowest BCUT2D eigenvalue weighted by atomic mass is 10.1. The van der Waals surface area contributed by atoms with Gasteiger partial charge >= 0.3 is 6.03 Å². The van der Waals surface area contributed by atoms with Crippen LogP contribution in [-0.2, 0) is 0 Å². The van der Waals surface area contributed by atoms with Crippen molar-refractivity contribution in [3.05, 3.63) is 0 Å². The Balaban J connectivity index is 2.79. The molecule has 0 fully saturated rings. The minimum Gasteiger partial charge on any atom is -0.318 e. The topological polar surface area (TPSA) is 32.7 Å². The molecule has 0 aromatic carbocycles. The zero-order valence-corrected chi connectivity index (χ0v) is 8.22. The highest BCUT2D eigenvalue weighted by Crippen LogP contribution is 2.18. The van der Waals surface area contributed by atoms with Crippen molar-refractivity contribution in [2.45, 2.75) is 39.7 Å². The first-order chi connectivity index (χ1) is 5.41. The van der Waals surface area contributed by atoms with Crippen LogP contribution in [0.4, 0.5) is 4.79 Å². The number of carbonyl (C=O) groups is 1. The normalized spacial score (nSPS) is 19.5. The lowest BCUT2D eigenvalue weighted by Crippen LogP contribution is -2.47. The molecule has 68 valence electrons. The van der Waals surface area contributed by atoms with Crippen LogP contribution in [0.15, 0.2) is 4.99 Å². The molecular formula is C9H16N2O. The summed E-state index contributed by atoms with van der Waals surface area (Å²) >= 11 is 0. The van der Waals surface area contributed by atoms with Gasteiger partial charge < -0.3 is 4.90 Å². The molecule has 1 aliphatic rings. The van der Waals surface area contributed by atoms with E-state index in [4.69, 9.17) is 0 Å². The number of rotatable bonds is 0. The van der Waals surface area contributed by atoms with E-state index in [0.717, 1.165) is 18.7 Å². The third-order valence-corrected chi connectivity index (χ3v) is 2.02. The SMILES string of the molecule is CC1=NC(=O)N(C(C)(C)C)CC1. The monoisotopic (exact) mass is 168 g/mol. The Morgan fingerprint density at radius 3 is 2.42 bits per heavy atom. The van der Waals surface area contributed by atoms with Crippen molar-refractivity contribution in [3.63, 3.8) is 0 Å². The maximum Gasteiger partial charge on any atom is 0.343 e. The molecule has 3 nitrogen and oxygen atoms in total. The van der Waals surface area contributed by atoms with Gasteiger partial charge in [0.15, 0.2) is 0 Å². The van der Waals surface area contributed by atoms with E-state index >= 15 is 0 Å². The number of urea groups is 1. The van der Waals surface area contributed by atoms with E-state index in [1.54, 1.807) is 4.90 Å². The minimum absolute atomic E-state index is 0.0914. The van der Waals surface area contributed by atoms with Crippen LogP contribution in [-0.4, -0.2) is 28.7 Å². The van der Waals surface area contributed by atoms with Crippen LogP contribution >= 0.6 is 0 Å². The molecule has 0 radical (unpaired) electrons. The summed E-state index contributed by atoms with van der Waals surface area (Å²) in [7, 11) is 0. The van der Waals surface area contributed by atoms with E-state index in [1.807, 2.05) is 27.7 Å². The highest BCUT2D eigenvalue weighted by Gasteiger charge is 2.28. The second-order valence-electron chi connectivity index (χ2n) is 4.20. The van der Waals surface area contributed by atoms with Gasteiger partial charge in [-0.3, -0.25) is 0 Å². The molecule has 1 rings (SSSR count). The molecule has 0 saturated heterocycles. The summed E-state index contributed by atoms with van der Waals surface area (Å²) in [5, 5.41) is 0. The van der Waals surface area contributed by atoms with E-state index in [2.05, 4.69) is 4.99 Å².